The van der Waals surface area contributed by atoms with E-state index in [2.05, 4.69) is 11.9 Å². The Morgan fingerprint density at radius 2 is 1.68 bits per heavy atom. The van der Waals surface area contributed by atoms with Crippen molar-refractivity contribution in [2.24, 2.45) is 5.73 Å². The van der Waals surface area contributed by atoms with Crippen LogP contribution in [-0.4, -0.2) is 63.2 Å². The van der Waals surface area contributed by atoms with Crippen LogP contribution < -0.4 is 26.0 Å². The molecular formula is C31H29F7N4O5. The van der Waals surface area contributed by atoms with Crippen molar-refractivity contribution >= 4 is 23.4 Å². The molecule has 16 heteroatoms. The van der Waals surface area contributed by atoms with E-state index in [0.29, 0.717) is 17.2 Å². The highest BCUT2D eigenvalue weighted by atomic mass is 19.4. The summed E-state index contributed by atoms with van der Waals surface area (Å²) < 4.78 is 111. The summed E-state index contributed by atoms with van der Waals surface area (Å²) in [5.74, 6) is -5.18. The number of halogens is 7. The van der Waals surface area contributed by atoms with E-state index >= 15 is 4.39 Å². The van der Waals surface area contributed by atoms with Gasteiger partial charge in [-0.05, 0) is 41.8 Å². The van der Waals surface area contributed by atoms with E-state index in [4.69, 9.17) is 19.9 Å². The van der Waals surface area contributed by atoms with Crippen molar-refractivity contribution in [1.29, 1.82) is 0 Å². The highest BCUT2D eigenvalue weighted by molar-refractivity contribution is 6.03. The maximum Gasteiger partial charge on any atom is 0.412 e. The van der Waals surface area contributed by atoms with E-state index in [9.17, 15) is 35.9 Å². The van der Waals surface area contributed by atoms with E-state index in [1.807, 2.05) is 0 Å². The molecule has 0 spiro atoms. The molecule has 4 rings (SSSR count). The molecule has 2 amide bonds. The molecule has 47 heavy (non-hydrogen) atoms. The molecule has 0 saturated carbocycles. The zero-order valence-electron chi connectivity index (χ0n) is 24.5. The lowest BCUT2D eigenvalue weighted by molar-refractivity contribution is -0.123. The summed E-state index contributed by atoms with van der Waals surface area (Å²) in [6, 6.07) is 9.45. The molecule has 3 aromatic carbocycles. The van der Waals surface area contributed by atoms with E-state index in [0.717, 1.165) is 23.1 Å². The van der Waals surface area contributed by atoms with E-state index < -0.39 is 78.1 Å². The number of ether oxygens (including phenoxy) is 3. The van der Waals surface area contributed by atoms with E-state index in [1.165, 1.54) is 35.6 Å². The third-order valence-electron chi connectivity index (χ3n) is 6.80. The average Bonchev–Trinajstić information content (AvgIpc) is 3.01. The number of nitrogens with one attached hydrogen (secondary N) is 2. The van der Waals surface area contributed by atoms with Crippen molar-refractivity contribution in [2.45, 2.75) is 24.7 Å². The summed E-state index contributed by atoms with van der Waals surface area (Å²) in [5.41, 5.74) is 6.08. The Balaban J connectivity index is 1.52. The van der Waals surface area contributed by atoms with Gasteiger partial charge in [0.1, 0.15) is 42.5 Å². The van der Waals surface area contributed by atoms with Gasteiger partial charge in [-0.15, -0.1) is 0 Å². The number of amides is 2. The van der Waals surface area contributed by atoms with Crippen molar-refractivity contribution in [2.75, 3.05) is 37.7 Å². The molecule has 0 radical (unpaired) electrons. The van der Waals surface area contributed by atoms with Gasteiger partial charge in [0.05, 0.1) is 30.6 Å². The zero-order valence-corrected chi connectivity index (χ0v) is 24.5. The van der Waals surface area contributed by atoms with Gasteiger partial charge in [0.2, 0.25) is 5.91 Å². The molecule has 0 bridgehead atoms. The van der Waals surface area contributed by atoms with Crippen LogP contribution in [0.15, 0.2) is 66.9 Å². The summed E-state index contributed by atoms with van der Waals surface area (Å²) >= 11 is 0. The van der Waals surface area contributed by atoms with Crippen LogP contribution in [0, 0.1) is 23.3 Å². The molecule has 9 nitrogen and oxygen atoms in total. The fraction of sp³-hybridized carbons (Fsp3) is 0.290. The predicted molar refractivity (Wildman–Crippen MR) is 155 cm³/mol. The third kappa shape index (κ3) is 9.67. The molecule has 1 aliphatic heterocycles. The Labute approximate surface area is 264 Å². The van der Waals surface area contributed by atoms with Gasteiger partial charge in [-0.25, -0.2) is 22.4 Å². The molecule has 3 aromatic rings. The maximum absolute atomic E-state index is 15.3. The molecule has 1 fully saturated rings. The molecule has 1 aliphatic rings. The number of hydrogen-bond donors (Lipinski definition) is 3. The first-order valence-electron chi connectivity index (χ1n) is 14.0. The second-order valence-electron chi connectivity index (χ2n) is 10.3. The van der Waals surface area contributed by atoms with Crippen LogP contribution in [-0.2, 0) is 20.7 Å². The van der Waals surface area contributed by atoms with E-state index in [-0.39, 0.29) is 37.6 Å². The van der Waals surface area contributed by atoms with Gasteiger partial charge in [-0.2, -0.15) is 13.2 Å². The normalized spacial score (nSPS) is 16.3. The molecule has 4 N–H and O–H groups in total. The summed E-state index contributed by atoms with van der Waals surface area (Å²) in [6.07, 6.45) is -6.70. The van der Waals surface area contributed by atoms with Crippen molar-refractivity contribution in [3.05, 3.63) is 101 Å². The maximum atomic E-state index is 15.3. The number of nitrogens with two attached hydrogens (primary N) is 1. The fourth-order valence-corrected chi connectivity index (χ4v) is 4.57. The minimum Gasteiger partial charge on any atom is -0.486 e. The minimum absolute atomic E-state index is 0.00647. The van der Waals surface area contributed by atoms with Gasteiger partial charge < -0.3 is 30.6 Å². The van der Waals surface area contributed by atoms with Crippen molar-refractivity contribution in [1.82, 2.24) is 10.6 Å². The summed E-state index contributed by atoms with van der Waals surface area (Å²) in [7, 11) is 0. The first-order chi connectivity index (χ1) is 22.2. The number of hydrogen-bond acceptors (Lipinski definition) is 7. The number of benzene rings is 3. The molecule has 2 atom stereocenters. The van der Waals surface area contributed by atoms with Crippen LogP contribution in [0.2, 0.25) is 0 Å². The fourth-order valence-electron chi connectivity index (χ4n) is 4.57. The highest BCUT2D eigenvalue weighted by Gasteiger charge is 2.31. The standard InChI is InChI=1S/C31H29F7N4O5/c1-17(47-30(44)41-16-31(36,37)38)25-15-45-23(13-40-25)14-46-29-24(35)9-22(34)11-27(29)42(28(43)12-39)26-10-21(33)7-4-19(26)8-18-2-5-20(32)6-3-18/h2-7,9-11,23,25,40H,1,8,12-16,39H2,(H,41,44). The van der Waals surface area contributed by atoms with Gasteiger partial charge in [-0.1, -0.05) is 24.8 Å². The second kappa shape index (κ2) is 15.3. The van der Waals surface area contributed by atoms with Crippen LogP contribution in [0.4, 0.5) is 46.9 Å². The minimum atomic E-state index is -4.64. The molecule has 2 unspecified atom stereocenters. The van der Waals surface area contributed by atoms with E-state index in [1.54, 1.807) is 0 Å². The highest BCUT2D eigenvalue weighted by Crippen LogP contribution is 2.39. The first-order valence-corrected chi connectivity index (χ1v) is 14.0. The van der Waals surface area contributed by atoms with Crippen LogP contribution in [0.1, 0.15) is 11.1 Å². The monoisotopic (exact) mass is 670 g/mol. The topological polar surface area (TPSA) is 115 Å². The smallest absolute Gasteiger partial charge is 0.412 e. The van der Waals surface area contributed by atoms with Gasteiger partial charge in [0, 0.05) is 18.7 Å². The number of morpholine rings is 1. The Hall–Kier alpha value is -4.67. The van der Waals surface area contributed by atoms with Crippen LogP contribution in [0.25, 0.3) is 0 Å². The van der Waals surface area contributed by atoms with Crippen molar-refractivity contribution < 1.29 is 54.5 Å². The quantitative estimate of drug-likeness (QED) is 0.195. The molecule has 0 aliphatic carbocycles. The predicted octanol–water partition coefficient (Wildman–Crippen LogP) is 5.00. The van der Waals surface area contributed by atoms with Gasteiger partial charge in [0.25, 0.3) is 0 Å². The molecule has 0 aromatic heterocycles. The number of rotatable bonds is 11. The van der Waals surface area contributed by atoms with Crippen molar-refractivity contribution in [3.63, 3.8) is 0 Å². The molecule has 1 saturated heterocycles. The lowest BCUT2D eigenvalue weighted by Crippen LogP contribution is -2.50. The second-order valence-corrected chi connectivity index (χ2v) is 10.3. The third-order valence-corrected chi connectivity index (χ3v) is 6.80. The Bertz CT molecular complexity index is 1600. The SMILES string of the molecule is C=C(OC(=O)NCC(F)(F)F)C1COC(COc2c(F)cc(F)cc2N(C(=O)CN)c2cc(F)ccc2Cc2ccc(F)cc2)CN1. The number of alkyl halides is 3. The first kappa shape index (κ1) is 35.2. The largest absolute Gasteiger partial charge is 0.486 e. The molecule has 252 valence electrons. The van der Waals surface area contributed by atoms with Crippen LogP contribution in [0.5, 0.6) is 5.75 Å². The lowest BCUT2D eigenvalue weighted by Gasteiger charge is -2.31. The van der Waals surface area contributed by atoms with Crippen LogP contribution in [0.3, 0.4) is 0 Å². The zero-order chi connectivity index (χ0) is 34.3. The number of carbonyl (C=O) groups excluding carboxylic acids is 2. The van der Waals surface area contributed by atoms with Crippen LogP contribution >= 0.6 is 0 Å². The summed E-state index contributed by atoms with van der Waals surface area (Å²) in [6.45, 7) is 0.754. The number of alkyl carbamates (subject to hydrolysis) is 1. The number of anilines is 2. The Morgan fingerprint density at radius 1 is 1.00 bits per heavy atom. The average molecular weight is 671 g/mol. The van der Waals surface area contributed by atoms with Crippen molar-refractivity contribution in [3.8, 4) is 5.75 Å². The Morgan fingerprint density at radius 3 is 2.32 bits per heavy atom. The summed E-state index contributed by atoms with van der Waals surface area (Å²) in [4.78, 5) is 25.7. The Kier molecular flexibility index (Phi) is 11.4. The molecule has 1 heterocycles. The number of nitrogens with zero attached hydrogens (tertiary/aromatic N) is 1. The van der Waals surface area contributed by atoms with Gasteiger partial charge in [-0.3, -0.25) is 9.69 Å². The van der Waals surface area contributed by atoms with Gasteiger partial charge >= 0.3 is 12.3 Å². The summed E-state index contributed by atoms with van der Waals surface area (Å²) in [5, 5.41) is 4.45. The van der Waals surface area contributed by atoms with Gasteiger partial charge in [0.15, 0.2) is 11.6 Å². The molecular weight excluding hydrogens is 641 g/mol. The lowest BCUT2D eigenvalue weighted by atomic mass is 10.0. The number of carbonyl (C=O) groups is 2.